The van der Waals surface area contributed by atoms with E-state index in [4.69, 9.17) is 0 Å². The van der Waals surface area contributed by atoms with Crippen LogP contribution in [-0.2, 0) is 27.3 Å². The Morgan fingerprint density at radius 1 is 1.15 bits per heavy atom. The largest absolute Gasteiger partial charge is 0.480 e. The number of nitrogens with one attached hydrogen (secondary N) is 1. The fourth-order valence-corrected chi connectivity index (χ4v) is 4.24. The van der Waals surface area contributed by atoms with Gasteiger partial charge in [0.25, 0.3) is 0 Å². The van der Waals surface area contributed by atoms with Gasteiger partial charge in [-0.1, -0.05) is 43.5 Å². The highest BCUT2D eigenvalue weighted by molar-refractivity contribution is 5.90. The molecule has 146 valence electrons. The summed E-state index contributed by atoms with van der Waals surface area (Å²) in [5, 5.41) is 12.4. The number of amides is 2. The summed E-state index contributed by atoms with van der Waals surface area (Å²) in [7, 11) is 0. The molecule has 1 aromatic rings. The molecule has 1 aromatic carbocycles. The third kappa shape index (κ3) is 4.67. The average molecular weight is 372 g/mol. The van der Waals surface area contributed by atoms with Gasteiger partial charge >= 0.3 is 5.97 Å². The molecule has 6 nitrogen and oxygen atoms in total. The zero-order valence-corrected chi connectivity index (χ0v) is 15.8. The van der Waals surface area contributed by atoms with Crippen LogP contribution in [0.15, 0.2) is 24.3 Å². The van der Waals surface area contributed by atoms with Crippen LogP contribution >= 0.6 is 0 Å². The molecule has 1 fully saturated rings. The van der Waals surface area contributed by atoms with Crippen molar-refractivity contribution in [1.29, 1.82) is 0 Å². The van der Waals surface area contributed by atoms with Crippen molar-refractivity contribution in [2.24, 2.45) is 5.92 Å². The third-order valence-corrected chi connectivity index (χ3v) is 5.76. The van der Waals surface area contributed by atoms with E-state index < -0.39 is 18.1 Å². The van der Waals surface area contributed by atoms with Gasteiger partial charge in [0, 0.05) is 19.4 Å². The Bertz CT molecular complexity index is 712. The van der Waals surface area contributed by atoms with Crippen LogP contribution in [0.25, 0.3) is 0 Å². The Kier molecular flexibility index (Phi) is 6.14. The number of fused-ring (bicyclic) bond motifs is 1. The van der Waals surface area contributed by atoms with E-state index in [2.05, 4.69) is 5.32 Å². The Morgan fingerprint density at radius 3 is 2.48 bits per heavy atom. The standard InChI is InChI=1S/C21H28N2O4/c1-14(22-19(24)11-15-7-3-2-4-8-15)20(25)23-13-17-10-6-5-9-16(17)12-18(23)21(26)27/h5-6,9-10,14-15,18H,2-4,7-8,11-13H2,1H3,(H,22,24)(H,26,27). The maximum Gasteiger partial charge on any atom is 0.326 e. The van der Waals surface area contributed by atoms with E-state index >= 15 is 0 Å². The molecule has 1 saturated carbocycles. The molecule has 2 unspecified atom stereocenters. The SMILES string of the molecule is CC(NC(=O)CC1CCCCC1)C(=O)N1Cc2ccccc2CC1C(=O)O. The first-order chi connectivity index (χ1) is 13.0. The summed E-state index contributed by atoms with van der Waals surface area (Å²) in [5.74, 6) is -1.07. The normalized spacial score (nSPS) is 21.2. The minimum absolute atomic E-state index is 0.118. The Morgan fingerprint density at radius 2 is 1.81 bits per heavy atom. The van der Waals surface area contributed by atoms with Crippen LogP contribution < -0.4 is 5.32 Å². The lowest BCUT2D eigenvalue weighted by atomic mass is 9.87. The Labute approximate surface area is 159 Å². The van der Waals surface area contributed by atoms with Gasteiger partial charge in [-0.2, -0.15) is 0 Å². The number of carboxylic acids is 1. The number of aliphatic carboxylic acids is 1. The third-order valence-electron chi connectivity index (χ3n) is 5.76. The molecule has 2 aliphatic rings. The van der Waals surface area contributed by atoms with Crippen molar-refractivity contribution in [3.63, 3.8) is 0 Å². The smallest absolute Gasteiger partial charge is 0.326 e. The predicted octanol–water partition coefficient (Wildman–Crippen LogP) is 2.50. The number of carbonyl (C=O) groups is 3. The fourth-order valence-electron chi connectivity index (χ4n) is 4.24. The maximum atomic E-state index is 12.9. The molecule has 0 spiro atoms. The molecule has 1 heterocycles. The first kappa shape index (κ1) is 19.4. The molecule has 6 heteroatoms. The van der Waals surface area contributed by atoms with Gasteiger partial charge in [-0.05, 0) is 36.8 Å². The van der Waals surface area contributed by atoms with Crippen molar-refractivity contribution in [3.8, 4) is 0 Å². The number of carboxylic acid groups (broad SMARTS) is 1. The second-order valence-corrected chi connectivity index (χ2v) is 7.79. The first-order valence-electron chi connectivity index (χ1n) is 9.85. The lowest BCUT2D eigenvalue weighted by Gasteiger charge is -2.36. The van der Waals surface area contributed by atoms with Gasteiger partial charge in [-0.3, -0.25) is 9.59 Å². The number of rotatable bonds is 5. The molecule has 2 atom stereocenters. The summed E-state index contributed by atoms with van der Waals surface area (Å²) in [6.45, 7) is 1.90. The first-order valence-corrected chi connectivity index (χ1v) is 9.85. The molecule has 2 amide bonds. The van der Waals surface area contributed by atoms with Crippen molar-refractivity contribution in [2.45, 2.75) is 70.5 Å². The van der Waals surface area contributed by atoms with E-state index in [1.54, 1.807) is 6.92 Å². The number of benzene rings is 1. The van der Waals surface area contributed by atoms with Gasteiger partial charge in [0.05, 0.1) is 0 Å². The van der Waals surface area contributed by atoms with E-state index in [1.807, 2.05) is 24.3 Å². The van der Waals surface area contributed by atoms with E-state index in [1.165, 1.54) is 24.2 Å². The molecule has 0 aromatic heterocycles. The van der Waals surface area contributed by atoms with E-state index in [0.717, 1.165) is 24.0 Å². The lowest BCUT2D eigenvalue weighted by molar-refractivity contribution is -0.152. The highest BCUT2D eigenvalue weighted by Crippen LogP contribution is 2.27. The number of nitrogens with zero attached hydrogens (tertiary/aromatic N) is 1. The van der Waals surface area contributed by atoms with E-state index in [0.29, 0.717) is 18.8 Å². The minimum atomic E-state index is -1.02. The summed E-state index contributed by atoms with van der Waals surface area (Å²) in [6, 6.07) is 5.96. The van der Waals surface area contributed by atoms with Gasteiger partial charge in [-0.15, -0.1) is 0 Å². The molecule has 0 bridgehead atoms. The second-order valence-electron chi connectivity index (χ2n) is 7.79. The van der Waals surface area contributed by atoms with Crippen molar-refractivity contribution in [3.05, 3.63) is 35.4 Å². The maximum absolute atomic E-state index is 12.9. The highest BCUT2D eigenvalue weighted by atomic mass is 16.4. The molecular formula is C21H28N2O4. The van der Waals surface area contributed by atoms with Crippen LogP contribution in [0.4, 0.5) is 0 Å². The summed E-state index contributed by atoms with van der Waals surface area (Å²) < 4.78 is 0. The van der Waals surface area contributed by atoms with Gasteiger partial charge < -0.3 is 15.3 Å². The van der Waals surface area contributed by atoms with Crippen LogP contribution in [0.1, 0.15) is 56.6 Å². The summed E-state index contributed by atoms with van der Waals surface area (Å²) in [5.41, 5.74) is 1.92. The number of hydrogen-bond acceptors (Lipinski definition) is 3. The van der Waals surface area contributed by atoms with Gasteiger partial charge in [-0.25, -0.2) is 4.79 Å². The molecule has 2 N–H and O–H groups in total. The lowest BCUT2D eigenvalue weighted by Crippen LogP contribution is -2.54. The van der Waals surface area contributed by atoms with Crippen LogP contribution in [0.5, 0.6) is 0 Å². The zero-order chi connectivity index (χ0) is 19.4. The quantitative estimate of drug-likeness (QED) is 0.831. The van der Waals surface area contributed by atoms with Crippen molar-refractivity contribution >= 4 is 17.8 Å². The molecule has 27 heavy (non-hydrogen) atoms. The van der Waals surface area contributed by atoms with Crippen LogP contribution in [0, 0.1) is 5.92 Å². The number of hydrogen-bond donors (Lipinski definition) is 2. The topological polar surface area (TPSA) is 86.7 Å². The average Bonchev–Trinajstić information content (AvgIpc) is 2.66. The Balaban J connectivity index is 1.64. The van der Waals surface area contributed by atoms with E-state index in [9.17, 15) is 19.5 Å². The van der Waals surface area contributed by atoms with Crippen LogP contribution in [0.2, 0.25) is 0 Å². The van der Waals surface area contributed by atoms with Crippen molar-refractivity contribution < 1.29 is 19.5 Å². The molecule has 3 rings (SSSR count). The molecule has 0 saturated heterocycles. The summed E-state index contributed by atoms with van der Waals surface area (Å²) >= 11 is 0. The zero-order valence-electron chi connectivity index (χ0n) is 15.8. The monoisotopic (exact) mass is 372 g/mol. The van der Waals surface area contributed by atoms with Crippen molar-refractivity contribution in [1.82, 2.24) is 10.2 Å². The Hall–Kier alpha value is -2.37. The minimum Gasteiger partial charge on any atom is -0.480 e. The molecule has 0 radical (unpaired) electrons. The predicted molar refractivity (Wildman–Crippen MR) is 101 cm³/mol. The van der Waals surface area contributed by atoms with Gasteiger partial charge in [0.2, 0.25) is 11.8 Å². The van der Waals surface area contributed by atoms with Crippen molar-refractivity contribution in [2.75, 3.05) is 0 Å². The molecular weight excluding hydrogens is 344 g/mol. The van der Waals surface area contributed by atoms with Gasteiger partial charge in [0.15, 0.2) is 0 Å². The fraction of sp³-hybridized carbons (Fsp3) is 0.571. The number of carbonyl (C=O) groups excluding carboxylic acids is 2. The van der Waals surface area contributed by atoms with Crippen LogP contribution in [0.3, 0.4) is 0 Å². The van der Waals surface area contributed by atoms with E-state index in [-0.39, 0.29) is 18.4 Å². The molecule has 1 aliphatic carbocycles. The highest BCUT2D eigenvalue weighted by Gasteiger charge is 2.36. The molecule has 1 aliphatic heterocycles. The van der Waals surface area contributed by atoms with Crippen LogP contribution in [-0.4, -0.2) is 39.9 Å². The summed E-state index contributed by atoms with van der Waals surface area (Å²) in [6.07, 6.45) is 6.45. The van der Waals surface area contributed by atoms with Gasteiger partial charge in [0.1, 0.15) is 12.1 Å². The second kappa shape index (κ2) is 8.55. The summed E-state index contributed by atoms with van der Waals surface area (Å²) in [4.78, 5) is 38.3.